The van der Waals surface area contributed by atoms with E-state index in [-0.39, 0.29) is 11.5 Å². The van der Waals surface area contributed by atoms with E-state index in [2.05, 4.69) is 31.9 Å². The fourth-order valence-electron chi connectivity index (χ4n) is 1.95. The van der Waals surface area contributed by atoms with Crippen LogP contribution in [-0.2, 0) is 9.84 Å². The minimum absolute atomic E-state index is 0.0231. The largest absolute Gasteiger partial charge is 0.478 e. The Balaban J connectivity index is 2.57. The third-order valence-corrected chi connectivity index (χ3v) is 6.23. The van der Waals surface area contributed by atoms with Gasteiger partial charge in [-0.15, -0.1) is 0 Å². The molecule has 0 saturated carbocycles. The lowest BCUT2D eigenvalue weighted by Gasteiger charge is -2.08. The van der Waals surface area contributed by atoms with Crippen LogP contribution in [-0.4, -0.2) is 15.0 Å². The number of hydrogen-bond acceptors (Lipinski definition) is 5. The number of hydrogen-bond donors (Lipinski definition) is 0. The molecule has 0 saturated heterocycles. The zero-order chi connectivity index (χ0) is 18.4. The normalized spacial score (nSPS) is 11.4. The van der Waals surface area contributed by atoms with Crippen molar-refractivity contribution in [1.82, 2.24) is 0 Å². The minimum atomic E-state index is -4.04. The van der Waals surface area contributed by atoms with Crippen LogP contribution in [0.25, 0.3) is 6.08 Å². The second-order valence-corrected chi connectivity index (χ2v) is 8.34. The molecule has 0 aliphatic heterocycles. The van der Waals surface area contributed by atoms with Gasteiger partial charge in [-0.25, -0.2) is 8.42 Å². The van der Waals surface area contributed by atoms with E-state index in [0.29, 0.717) is 20.3 Å². The zero-order valence-electron chi connectivity index (χ0n) is 12.6. The van der Waals surface area contributed by atoms with E-state index >= 15 is 0 Å². The van der Waals surface area contributed by atoms with Gasteiger partial charge in [0, 0.05) is 14.5 Å². The van der Waals surface area contributed by atoms with Gasteiger partial charge >= 0.3 is 0 Å². The van der Waals surface area contributed by atoms with Gasteiger partial charge < -0.3 is 4.74 Å². The van der Waals surface area contributed by atoms with Crippen molar-refractivity contribution >= 4 is 47.8 Å². The average molecular weight is 482 g/mol. The van der Waals surface area contributed by atoms with E-state index in [1.54, 1.807) is 42.5 Å². The highest BCUT2D eigenvalue weighted by atomic mass is 79.9. The smallest absolute Gasteiger partial charge is 0.217 e. The molecule has 0 N–H and O–H groups in total. The Kier molecular flexibility index (Phi) is 6.38. The molecule has 2 rings (SSSR count). The van der Waals surface area contributed by atoms with Crippen molar-refractivity contribution in [1.29, 1.82) is 10.5 Å². The number of benzene rings is 2. The Labute approximate surface area is 162 Å². The van der Waals surface area contributed by atoms with Gasteiger partial charge in [0.05, 0.1) is 4.90 Å². The molecular formula is C17H10Br2N2O3S. The van der Waals surface area contributed by atoms with E-state index in [4.69, 9.17) is 10.00 Å². The molecule has 0 bridgehead atoms. The number of nitrogens with zero attached hydrogens (tertiary/aromatic N) is 2. The summed E-state index contributed by atoms with van der Waals surface area (Å²) in [6.45, 7) is -0.184. The van der Waals surface area contributed by atoms with Crippen LogP contribution < -0.4 is 4.74 Å². The molecule has 0 fully saturated rings. The summed E-state index contributed by atoms with van der Waals surface area (Å²) in [4.78, 5) is -0.454. The van der Waals surface area contributed by atoms with Gasteiger partial charge in [-0.05, 0) is 46.3 Å². The van der Waals surface area contributed by atoms with Gasteiger partial charge in [-0.2, -0.15) is 10.5 Å². The predicted molar refractivity (Wildman–Crippen MR) is 100 cm³/mol. The number of allylic oxidation sites excluding steroid dienone is 1. The molecule has 0 aliphatic carbocycles. The maximum Gasteiger partial charge on any atom is 0.217 e. The van der Waals surface area contributed by atoms with Crippen LogP contribution in [0.4, 0.5) is 0 Å². The first kappa shape index (κ1) is 19.2. The molecule has 2 aromatic carbocycles. The maximum atomic E-state index is 12.8. The van der Waals surface area contributed by atoms with Crippen LogP contribution in [0.3, 0.4) is 0 Å². The molecule has 8 heteroatoms. The molecule has 25 heavy (non-hydrogen) atoms. The highest BCUT2D eigenvalue weighted by Crippen LogP contribution is 2.31. The van der Waals surface area contributed by atoms with Crippen LogP contribution in [0.15, 0.2) is 61.2 Å². The Morgan fingerprint density at radius 2 is 1.88 bits per heavy atom. The lowest BCUT2D eigenvalue weighted by molar-refractivity contribution is 0.367. The maximum absolute atomic E-state index is 12.8. The van der Waals surface area contributed by atoms with E-state index in [9.17, 15) is 13.7 Å². The Hall–Kier alpha value is -2.13. The van der Waals surface area contributed by atoms with E-state index in [1.165, 1.54) is 12.1 Å². The molecule has 0 atom stereocenters. The number of sulfone groups is 1. The number of nitriles is 2. The third kappa shape index (κ3) is 4.49. The standard InChI is InChI=1S/C17H10Br2N2O3S/c18-13-5-6-15(19)17(10-13)25(22,23)14(11-21)9-12-3-1-2-4-16(12)24-8-7-20/h1-6,9-10H,8H2/b14-9+. The van der Waals surface area contributed by atoms with Gasteiger partial charge in [0.15, 0.2) is 6.61 Å². The molecule has 0 unspecified atom stereocenters. The molecule has 0 aliphatic rings. The van der Waals surface area contributed by atoms with Gasteiger partial charge in [0.1, 0.15) is 22.8 Å². The molecule has 0 amide bonds. The Morgan fingerprint density at radius 1 is 1.16 bits per heavy atom. The van der Waals surface area contributed by atoms with Crippen molar-refractivity contribution in [2.75, 3.05) is 6.61 Å². The van der Waals surface area contributed by atoms with Gasteiger partial charge in [0.2, 0.25) is 9.84 Å². The summed E-state index contributed by atoms with van der Waals surface area (Å²) in [5, 5.41) is 18.0. The van der Waals surface area contributed by atoms with Crippen molar-refractivity contribution in [2.45, 2.75) is 4.90 Å². The molecule has 0 heterocycles. The van der Waals surface area contributed by atoms with Gasteiger partial charge in [-0.1, -0.05) is 34.1 Å². The van der Waals surface area contributed by atoms with Gasteiger partial charge in [0.25, 0.3) is 0 Å². The second kappa shape index (κ2) is 8.30. The van der Waals surface area contributed by atoms with Crippen LogP contribution >= 0.6 is 31.9 Å². The van der Waals surface area contributed by atoms with Crippen LogP contribution in [0.1, 0.15) is 5.56 Å². The highest BCUT2D eigenvalue weighted by Gasteiger charge is 2.24. The van der Waals surface area contributed by atoms with Crippen LogP contribution in [0, 0.1) is 22.7 Å². The lowest BCUT2D eigenvalue weighted by Crippen LogP contribution is -2.05. The summed E-state index contributed by atoms with van der Waals surface area (Å²) in [5.74, 6) is 0.320. The first-order chi connectivity index (χ1) is 11.9. The lowest BCUT2D eigenvalue weighted by atomic mass is 10.2. The number of para-hydroxylation sites is 1. The SMILES string of the molecule is N#CCOc1ccccc1/C=C(\C#N)S(=O)(=O)c1cc(Br)ccc1Br. The fourth-order valence-corrected chi connectivity index (χ4v) is 4.60. The summed E-state index contributed by atoms with van der Waals surface area (Å²) in [7, 11) is -4.04. The molecular weight excluding hydrogens is 472 g/mol. The van der Waals surface area contributed by atoms with Crippen molar-refractivity contribution < 1.29 is 13.2 Å². The van der Waals surface area contributed by atoms with E-state index < -0.39 is 14.7 Å². The molecule has 0 aromatic heterocycles. The Morgan fingerprint density at radius 3 is 2.56 bits per heavy atom. The second-order valence-electron chi connectivity index (χ2n) is 4.68. The monoisotopic (exact) mass is 480 g/mol. The van der Waals surface area contributed by atoms with E-state index in [1.807, 2.05) is 6.07 Å². The molecule has 126 valence electrons. The zero-order valence-corrected chi connectivity index (χ0v) is 16.6. The third-order valence-electron chi connectivity index (χ3n) is 3.08. The quantitative estimate of drug-likeness (QED) is 0.588. The fraction of sp³-hybridized carbons (Fsp3) is 0.0588. The van der Waals surface area contributed by atoms with E-state index in [0.717, 1.165) is 0 Å². The number of halogens is 2. The summed E-state index contributed by atoms with van der Waals surface area (Å²) >= 11 is 6.43. The van der Waals surface area contributed by atoms with Crippen LogP contribution in [0.2, 0.25) is 0 Å². The summed E-state index contributed by atoms with van der Waals surface area (Å²) in [6, 6.07) is 14.8. The van der Waals surface area contributed by atoms with Gasteiger partial charge in [-0.3, -0.25) is 0 Å². The number of rotatable bonds is 5. The highest BCUT2D eigenvalue weighted by molar-refractivity contribution is 9.11. The van der Waals surface area contributed by atoms with Crippen molar-refractivity contribution in [3.8, 4) is 17.9 Å². The predicted octanol–water partition coefficient (Wildman–Crippen LogP) is 4.45. The minimum Gasteiger partial charge on any atom is -0.478 e. The summed E-state index contributed by atoms with van der Waals surface area (Å²) in [5.41, 5.74) is 0.393. The summed E-state index contributed by atoms with van der Waals surface area (Å²) < 4.78 is 31.9. The van der Waals surface area contributed by atoms with Crippen molar-refractivity contribution in [3.63, 3.8) is 0 Å². The molecule has 0 radical (unpaired) electrons. The first-order valence-corrected chi connectivity index (χ1v) is 9.88. The molecule has 0 spiro atoms. The van der Waals surface area contributed by atoms with Crippen molar-refractivity contribution in [2.24, 2.45) is 0 Å². The Bertz CT molecular complexity index is 1020. The topological polar surface area (TPSA) is 90.9 Å². The molecule has 2 aromatic rings. The summed E-state index contributed by atoms with van der Waals surface area (Å²) in [6.07, 6.45) is 1.23. The molecule has 5 nitrogen and oxygen atoms in total. The average Bonchev–Trinajstić information content (AvgIpc) is 2.60. The first-order valence-electron chi connectivity index (χ1n) is 6.81. The van der Waals surface area contributed by atoms with Crippen LogP contribution in [0.5, 0.6) is 5.75 Å². The number of ether oxygens (including phenoxy) is 1. The van der Waals surface area contributed by atoms with Crippen molar-refractivity contribution in [3.05, 3.63) is 61.9 Å².